The number of hydrogen-bond donors (Lipinski definition) is 2. The molecular formula is C23H18Cl2N2OS. The van der Waals surface area contributed by atoms with E-state index in [0.29, 0.717) is 16.5 Å². The minimum absolute atomic E-state index is 0.137. The number of rotatable bonds is 2. The van der Waals surface area contributed by atoms with E-state index in [-0.39, 0.29) is 17.7 Å². The number of ketones is 1. The van der Waals surface area contributed by atoms with E-state index in [9.17, 15) is 4.79 Å². The summed E-state index contributed by atoms with van der Waals surface area (Å²) in [7, 11) is 0. The largest absolute Gasteiger partial charge is 0.372 e. The molecule has 5 rings (SSSR count). The summed E-state index contributed by atoms with van der Waals surface area (Å²) >= 11 is 14.6. The Labute approximate surface area is 183 Å². The van der Waals surface area contributed by atoms with Gasteiger partial charge in [-0.2, -0.15) is 0 Å². The first kappa shape index (κ1) is 18.7. The normalized spacial score (nSPS) is 21.0. The Morgan fingerprint density at radius 2 is 1.76 bits per heavy atom. The Bertz CT molecular complexity index is 1120. The number of Topliss-reactive ketones (excluding diaryl/α,β-unsaturated/α-hetero) is 1. The number of benzene rings is 2. The molecule has 146 valence electrons. The van der Waals surface area contributed by atoms with Crippen molar-refractivity contribution in [2.45, 2.75) is 24.8 Å². The molecule has 2 atom stereocenters. The van der Waals surface area contributed by atoms with Gasteiger partial charge in [-0.25, -0.2) is 0 Å². The van der Waals surface area contributed by atoms with E-state index in [2.05, 4.69) is 22.1 Å². The number of thiophene rings is 1. The van der Waals surface area contributed by atoms with Crippen molar-refractivity contribution in [3.8, 4) is 0 Å². The van der Waals surface area contributed by atoms with E-state index < -0.39 is 0 Å². The van der Waals surface area contributed by atoms with Crippen LogP contribution in [0, 0.1) is 0 Å². The molecule has 2 heterocycles. The molecule has 3 nitrogen and oxygen atoms in total. The van der Waals surface area contributed by atoms with Gasteiger partial charge in [0.25, 0.3) is 0 Å². The first-order valence-corrected chi connectivity index (χ1v) is 11.1. The van der Waals surface area contributed by atoms with Gasteiger partial charge >= 0.3 is 0 Å². The highest BCUT2D eigenvalue weighted by Gasteiger charge is 2.37. The number of nitrogens with one attached hydrogen (secondary N) is 2. The van der Waals surface area contributed by atoms with Crippen LogP contribution >= 0.6 is 34.5 Å². The predicted molar refractivity (Wildman–Crippen MR) is 121 cm³/mol. The molecule has 3 aromatic rings. The van der Waals surface area contributed by atoms with Crippen LogP contribution in [0.1, 0.15) is 35.2 Å². The Kier molecular flexibility index (Phi) is 4.86. The average molecular weight is 441 g/mol. The Morgan fingerprint density at radius 1 is 0.931 bits per heavy atom. The molecule has 1 aromatic heterocycles. The highest BCUT2D eigenvalue weighted by Crippen LogP contribution is 2.46. The van der Waals surface area contributed by atoms with Crippen LogP contribution < -0.4 is 10.6 Å². The van der Waals surface area contributed by atoms with E-state index in [1.807, 2.05) is 42.5 Å². The summed E-state index contributed by atoms with van der Waals surface area (Å²) in [6.45, 7) is 0. The molecule has 0 spiro atoms. The smallest absolute Gasteiger partial charge is 0.163 e. The summed E-state index contributed by atoms with van der Waals surface area (Å²) in [6.07, 6.45) is 1.28. The van der Waals surface area contributed by atoms with Crippen LogP contribution in [-0.4, -0.2) is 5.78 Å². The van der Waals surface area contributed by atoms with Gasteiger partial charge in [-0.1, -0.05) is 53.5 Å². The third-order valence-corrected chi connectivity index (χ3v) is 7.42. The van der Waals surface area contributed by atoms with Gasteiger partial charge in [0.15, 0.2) is 5.78 Å². The standard InChI is InChI=1S/C23H18Cl2N2OS/c24-15-6-3-5-14(22(15)25)23-21-18(26-16-7-1-2-8-17(16)27-23)11-13(12-19(21)28)20-9-4-10-29-20/h1-10,13,23,26-27H,11-12H2. The van der Waals surface area contributed by atoms with Gasteiger partial charge in [-0.05, 0) is 41.6 Å². The van der Waals surface area contributed by atoms with Crippen LogP contribution in [-0.2, 0) is 4.79 Å². The summed E-state index contributed by atoms with van der Waals surface area (Å²) in [4.78, 5) is 14.7. The maximum atomic E-state index is 13.4. The second kappa shape index (κ2) is 7.52. The molecule has 0 saturated heterocycles. The van der Waals surface area contributed by atoms with E-state index >= 15 is 0 Å². The SMILES string of the molecule is O=C1CC(c2cccs2)CC2=C1C(c1cccc(Cl)c1Cl)Nc1ccccc1N2. The van der Waals surface area contributed by atoms with Crippen LogP contribution in [0.2, 0.25) is 10.0 Å². The first-order chi connectivity index (χ1) is 14.1. The van der Waals surface area contributed by atoms with E-state index in [4.69, 9.17) is 23.2 Å². The Hall–Kier alpha value is -2.27. The zero-order valence-electron chi connectivity index (χ0n) is 15.4. The highest BCUT2D eigenvalue weighted by atomic mass is 35.5. The topological polar surface area (TPSA) is 41.1 Å². The fraction of sp³-hybridized carbons (Fsp3) is 0.174. The number of carbonyl (C=O) groups is 1. The number of hydrogen-bond acceptors (Lipinski definition) is 4. The quantitative estimate of drug-likeness (QED) is 0.448. The summed E-state index contributed by atoms with van der Waals surface area (Å²) in [5.41, 5.74) is 4.41. The molecule has 6 heteroatoms. The van der Waals surface area contributed by atoms with E-state index in [1.165, 1.54) is 4.88 Å². The molecule has 1 aliphatic heterocycles. The molecule has 2 aromatic carbocycles. The van der Waals surface area contributed by atoms with Crippen LogP contribution in [0.5, 0.6) is 0 Å². The lowest BCUT2D eigenvalue weighted by Crippen LogP contribution is -2.26. The second-order valence-electron chi connectivity index (χ2n) is 7.33. The van der Waals surface area contributed by atoms with Gasteiger partial charge in [-0.3, -0.25) is 4.79 Å². The van der Waals surface area contributed by atoms with Gasteiger partial charge in [0.05, 0.1) is 27.5 Å². The minimum atomic E-state index is -0.357. The average Bonchev–Trinajstić information content (AvgIpc) is 3.19. The number of halogens is 2. The number of fused-ring (bicyclic) bond motifs is 1. The zero-order valence-corrected chi connectivity index (χ0v) is 17.7. The Morgan fingerprint density at radius 3 is 2.55 bits per heavy atom. The van der Waals surface area contributed by atoms with Crippen molar-refractivity contribution >= 4 is 51.7 Å². The van der Waals surface area contributed by atoms with Gasteiger partial charge in [0.2, 0.25) is 0 Å². The maximum absolute atomic E-state index is 13.4. The summed E-state index contributed by atoms with van der Waals surface area (Å²) in [6, 6.07) is 17.4. The number of allylic oxidation sites excluding steroid dienone is 1. The van der Waals surface area contributed by atoms with Crippen LogP contribution in [0.3, 0.4) is 0 Å². The van der Waals surface area contributed by atoms with Crippen molar-refractivity contribution in [1.29, 1.82) is 0 Å². The van der Waals surface area contributed by atoms with Crippen molar-refractivity contribution < 1.29 is 4.79 Å². The number of para-hydroxylation sites is 2. The number of anilines is 2. The van der Waals surface area contributed by atoms with Crippen molar-refractivity contribution in [3.63, 3.8) is 0 Å². The molecule has 0 fully saturated rings. The summed E-state index contributed by atoms with van der Waals surface area (Å²) < 4.78 is 0. The van der Waals surface area contributed by atoms with E-state index in [1.54, 1.807) is 17.4 Å². The fourth-order valence-corrected chi connectivity index (χ4v) is 5.44. The molecule has 2 aliphatic rings. The lowest BCUT2D eigenvalue weighted by molar-refractivity contribution is -0.116. The van der Waals surface area contributed by atoms with Crippen LogP contribution in [0.4, 0.5) is 11.4 Å². The molecule has 0 radical (unpaired) electrons. The van der Waals surface area contributed by atoms with Gasteiger partial charge in [-0.15, -0.1) is 11.3 Å². The minimum Gasteiger partial charge on any atom is -0.372 e. The van der Waals surface area contributed by atoms with Gasteiger partial charge < -0.3 is 10.6 Å². The van der Waals surface area contributed by atoms with Crippen LogP contribution in [0.15, 0.2) is 71.2 Å². The summed E-state index contributed by atoms with van der Waals surface area (Å²) in [5, 5.41) is 10.1. The molecular weight excluding hydrogens is 423 g/mol. The molecule has 2 unspecified atom stereocenters. The molecule has 29 heavy (non-hydrogen) atoms. The lowest BCUT2D eigenvalue weighted by atomic mass is 9.81. The van der Waals surface area contributed by atoms with Crippen molar-refractivity contribution in [1.82, 2.24) is 0 Å². The molecule has 2 N–H and O–H groups in total. The lowest BCUT2D eigenvalue weighted by Gasteiger charge is -2.29. The maximum Gasteiger partial charge on any atom is 0.163 e. The first-order valence-electron chi connectivity index (χ1n) is 9.48. The third-order valence-electron chi connectivity index (χ3n) is 5.55. The third kappa shape index (κ3) is 3.35. The van der Waals surface area contributed by atoms with Crippen molar-refractivity contribution in [2.24, 2.45) is 0 Å². The monoisotopic (exact) mass is 440 g/mol. The second-order valence-corrected chi connectivity index (χ2v) is 9.09. The zero-order chi connectivity index (χ0) is 20.0. The van der Waals surface area contributed by atoms with Crippen molar-refractivity contribution in [3.05, 3.63) is 91.7 Å². The fourth-order valence-electron chi connectivity index (χ4n) is 4.19. The molecule has 0 amide bonds. The molecule has 0 bridgehead atoms. The van der Waals surface area contributed by atoms with Crippen LogP contribution in [0.25, 0.3) is 0 Å². The predicted octanol–water partition coefficient (Wildman–Crippen LogP) is 7.03. The molecule has 1 aliphatic carbocycles. The van der Waals surface area contributed by atoms with Gasteiger partial charge in [0, 0.05) is 28.5 Å². The summed E-state index contributed by atoms with van der Waals surface area (Å²) in [5.74, 6) is 0.327. The highest BCUT2D eigenvalue weighted by molar-refractivity contribution is 7.10. The van der Waals surface area contributed by atoms with E-state index in [0.717, 1.165) is 34.6 Å². The molecule has 0 saturated carbocycles. The van der Waals surface area contributed by atoms with Gasteiger partial charge in [0.1, 0.15) is 0 Å². The number of carbonyl (C=O) groups excluding carboxylic acids is 1. The Balaban J connectivity index is 1.66. The van der Waals surface area contributed by atoms with Crippen molar-refractivity contribution in [2.75, 3.05) is 10.6 Å².